The van der Waals surface area contributed by atoms with Gasteiger partial charge in [0.2, 0.25) is 0 Å². The number of nitrogens with one attached hydrogen (secondary N) is 1. The fourth-order valence-electron chi connectivity index (χ4n) is 1.80. The highest BCUT2D eigenvalue weighted by Gasteiger charge is 2.26. The molecule has 0 aliphatic heterocycles. The van der Waals surface area contributed by atoms with Crippen molar-refractivity contribution < 1.29 is 0 Å². The van der Waals surface area contributed by atoms with Crippen LogP contribution in [0.15, 0.2) is 22.7 Å². The molecule has 0 saturated carbocycles. The quantitative estimate of drug-likeness (QED) is 0.851. The molecule has 15 heavy (non-hydrogen) atoms. The highest BCUT2D eigenvalue weighted by molar-refractivity contribution is 9.10. The van der Waals surface area contributed by atoms with Crippen molar-refractivity contribution in [3.8, 4) is 0 Å². The van der Waals surface area contributed by atoms with Gasteiger partial charge < -0.3 is 5.32 Å². The topological polar surface area (TPSA) is 12.0 Å². The van der Waals surface area contributed by atoms with Crippen molar-refractivity contribution in [2.75, 3.05) is 7.05 Å². The fraction of sp³-hybridized carbons (Fsp3) is 0.500. The minimum Gasteiger partial charge on any atom is -0.313 e. The van der Waals surface area contributed by atoms with E-state index in [0.717, 1.165) is 15.1 Å². The Balaban J connectivity index is 3.19. The Bertz CT molecular complexity index is 344. The first-order valence-corrected chi connectivity index (χ1v) is 6.16. The summed E-state index contributed by atoms with van der Waals surface area (Å²) in [6.07, 6.45) is 0. The van der Waals surface area contributed by atoms with Gasteiger partial charge in [-0.25, -0.2) is 0 Å². The van der Waals surface area contributed by atoms with Crippen molar-refractivity contribution in [3.63, 3.8) is 0 Å². The summed E-state index contributed by atoms with van der Waals surface area (Å²) in [6, 6.07) is 6.30. The number of halogens is 2. The molecule has 1 atom stereocenters. The average Bonchev–Trinajstić information content (AvgIpc) is 2.11. The van der Waals surface area contributed by atoms with E-state index in [1.54, 1.807) is 0 Å². The lowest BCUT2D eigenvalue weighted by Gasteiger charge is -2.31. The Labute approximate surface area is 105 Å². The molecule has 0 radical (unpaired) electrons. The molecule has 0 amide bonds. The summed E-state index contributed by atoms with van der Waals surface area (Å²) in [5, 5.41) is 4.12. The van der Waals surface area contributed by atoms with E-state index in [-0.39, 0.29) is 11.5 Å². The molecule has 0 fully saturated rings. The summed E-state index contributed by atoms with van der Waals surface area (Å²) in [7, 11) is 1.97. The van der Waals surface area contributed by atoms with Crippen molar-refractivity contribution in [1.29, 1.82) is 0 Å². The zero-order valence-electron chi connectivity index (χ0n) is 9.57. The Morgan fingerprint density at radius 1 is 1.33 bits per heavy atom. The van der Waals surface area contributed by atoms with Gasteiger partial charge in [-0.3, -0.25) is 0 Å². The predicted molar refractivity (Wildman–Crippen MR) is 70.4 cm³/mol. The maximum Gasteiger partial charge on any atom is 0.0596 e. The van der Waals surface area contributed by atoms with Gasteiger partial charge in [-0.15, -0.1) is 0 Å². The normalized spacial score (nSPS) is 14.0. The number of hydrogen-bond acceptors (Lipinski definition) is 1. The second-order valence-corrected chi connectivity index (χ2v) is 5.96. The zero-order chi connectivity index (χ0) is 11.6. The van der Waals surface area contributed by atoms with Crippen LogP contribution < -0.4 is 5.32 Å². The first kappa shape index (κ1) is 13.0. The van der Waals surface area contributed by atoms with Gasteiger partial charge >= 0.3 is 0 Å². The molecule has 0 aromatic heterocycles. The second kappa shape index (κ2) is 4.86. The summed E-state index contributed by atoms with van der Waals surface area (Å²) < 4.78 is 0.950. The third-order valence-electron chi connectivity index (χ3n) is 2.45. The fourth-order valence-corrected chi connectivity index (χ4v) is 2.42. The van der Waals surface area contributed by atoms with Gasteiger partial charge in [0.05, 0.1) is 5.02 Å². The van der Waals surface area contributed by atoms with Crippen LogP contribution >= 0.6 is 27.5 Å². The molecule has 0 aliphatic carbocycles. The van der Waals surface area contributed by atoms with Crippen LogP contribution in [0.25, 0.3) is 0 Å². The van der Waals surface area contributed by atoms with Crippen LogP contribution in [0.4, 0.5) is 0 Å². The molecule has 0 bridgehead atoms. The van der Waals surface area contributed by atoms with E-state index in [9.17, 15) is 0 Å². The Kier molecular flexibility index (Phi) is 4.21. The molecule has 1 nitrogen and oxygen atoms in total. The van der Waals surface area contributed by atoms with Crippen molar-refractivity contribution in [2.45, 2.75) is 26.8 Å². The zero-order valence-corrected chi connectivity index (χ0v) is 11.9. The maximum atomic E-state index is 6.29. The molecule has 0 heterocycles. The van der Waals surface area contributed by atoms with Gasteiger partial charge in [-0.05, 0) is 40.0 Å². The summed E-state index contributed by atoms with van der Waals surface area (Å²) in [5.74, 6) is 0. The van der Waals surface area contributed by atoms with Crippen LogP contribution in [0, 0.1) is 5.41 Å². The summed E-state index contributed by atoms with van der Waals surface area (Å²) >= 11 is 9.74. The minimum absolute atomic E-state index is 0.138. The van der Waals surface area contributed by atoms with E-state index < -0.39 is 0 Å². The van der Waals surface area contributed by atoms with E-state index >= 15 is 0 Å². The summed E-state index contributed by atoms with van der Waals surface area (Å²) in [5.41, 5.74) is 1.28. The van der Waals surface area contributed by atoms with Gasteiger partial charge in [0, 0.05) is 10.5 Å². The van der Waals surface area contributed by atoms with Gasteiger partial charge in [0.25, 0.3) is 0 Å². The standard InChI is InChI=1S/C12H17BrClN/c1-12(2,3)11(15-4)8-6-5-7-9(13)10(8)14/h5-7,11,15H,1-4H3. The number of rotatable bonds is 2. The average molecular weight is 291 g/mol. The second-order valence-electron chi connectivity index (χ2n) is 4.73. The molecule has 0 aliphatic rings. The first-order valence-electron chi connectivity index (χ1n) is 4.99. The van der Waals surface area contributed by atoms with Crippen LogP contribution in [0.1, 0.15) is 32.4 Å². The summed E-state index contributed by atoms with van der Waals surface area (Å²) in [6.45, 7) is 6.60. The molecule has 84 valence electrons. The van der Waals surface area contributed by atoms with Gasteiger partial charge in [0.15, 0.2) is 0 Å². The van der Waals surface area contributed by atoms with Crippen LogP contribution in [0.3, 0.4) is 0 Å². The van der Waals surface area contributed by atoms with Crippen LogP contribution in [-0.2, 0) is 0 Å². The third kappa shape index (κ3) is 2.96. The van der Waals surface area contributed by atoms with Gasteiger partial charge in [-0.1, -0.05) is 44.5 Å². The molecule has 0 spiro atoms. The molecule has 1 unspecified atom stereocenters. The smallest absolute Gasteiger partial charge is 0.0596 e. The monoisotopic (exact) mass is 289 g/mol. The Hall–Kier alpha value is -0.0500. The lowest BCUT2D eigenvalue weighted by Crippen LogP contribution is -2.29. The van der Waals surface area contributed by atoms with E-state index in [0.29, 0.717) is 0 Å². The summed E-state index contributed by atoms with van der Waals surface area (Å²) in [4.78, 5) is 0. The molecule has 3 heteroatoms. The molecular weight excluding hydrogens is 273 g/mol. The maximum absolute atomic E-state index is 6.29. The van der Waals surface area contributed by atoms with Crippen molar-refractivity contribution in [2.24, 2.45) is 5.41 Å². The Morgan fingerprint density at radius 2 is 1.93 bits per heavy atom. The molecule has 1 rings (SSSR count). The largest absolute Gasteiger partial charge is 0.313 e. The molecular formula is C12H17BrClN. The van der Waals surface area contributed by atoms with E-state index in [1.807, 2.05) is 19.2 Å². The van der Waals surface area contributed by atoms with Crippen LogP contribution in [0.5, 0.6) is 0 Å². The minimum atomic E-state index is 0.138. The predicted octanol–water partition coefficient (Wildman–Crippen LogP) is 4.41. The van der Waals surface area contributed by atoms with Crippen LogP contribution in [0.2, 0.25) is 5.02 Å². The van der Waals surface area contributed by atoms with Gasteiger partial charge in [-0.2, -0.15) is 0 Å². The van der Waals surface area contributed by atoms with Crippen LogP contribution in [-0.4, -0.2) is 7.05 Å². The van der Waals surface area contributed by atoms with Crippen molar-refractivity contribution in [3.05, 3.63) is 33.3 Å². The van der Waals surface area contributed by atoms with Crippen molar-refractivity contribution in [1.82, 2.24) is 5.32 Å². The number of benzene rings is 1. The lowest BCUT2D eigenvalue weighted by atomic mass is 9.82. The molecule has 1 N–H and O–H groups in total. The van der Waals surface area contributed by atoms with Gasteiger partial charge in [0.1, 0.15) is 0 Å². The molecule has 0 saturated heterocycles. The number of hydrogen-bond donors (Lipinski definition) is 1. The molecule has 1 aromatic rings. The SMILES string of the molecule is CNC(c1cccc(Br)c1Cl)C(C)(C)C. The van der Waals surface area contributed by atoms with Crippen molar-refractivity contribution >= 4 is 27.5 Å². The molecule has 1 aromatic carbocycles. The highest BCUT2D eigenvalue weighted by Crippen LogP contribution is 2.38. The van der Waals surface area contributed by atoms with E-state index in [2.05, 4.69) is 48.1 Å². The van der Waals surface area contributed by atoms with E-state index in [1.165, 1.54) is 0 Å². The Morgan fingerprint density at radius 3 is 2.40 bits per heavy atom. The lowest BCUT2D eigenvalue weighted by molar-refractivity contribution is 0.287. The highest BCUT2D eigenvalue weighted by atomic mass is 79.9. The van der Waals surface area contributed by atoms with E-state index in [4.69, 9.17) is 11.6 Å². The first-order chi connectivity index (χ1) is 6.88. The third-order valence-corrected chi connectivity index (χ3v) is 3.76.